The predicted molar refractivity (Wildman–Crippen MR) is 81.1 cm³/mol. The first-order chi connectivity index (χ1) is 10.6. The van der Waals surface area contributed by atoms with Crippen molar-refractivity contribution in [2.24, 2.45) is 10.8 Å². The first-order valence-corrected chi connectivity index (χ1v) is 7.93. The van der Waals surface area contributed by atoms with Gasteiger partial charge in [0.1, 0.15) is 17.3 Å². The highest BCUT2D eigenvalue weighted by atomic mass is 16.3. The molecule has 4 atom stereocenters. The van der Waals surface area contributed by atoms with Gasteiger partial charge >= 0.3 is 0 Å². The van der Waals surface area contributed by atoms with Gasteiger partial charge in [-0.2, -0.15) is 0 Å². The molecule has 0 aromatic carbocycles. The lowest BCUT2D eigenvalue weighted by atomic mass is 9.53. The van der Waals surface area contributed by atoms with Gasteiger partial charge in [-0.3, -0.25) is 10.1 Å². The smallest absolute Gasteiger partial charge is 0.148 e. The summed E-state index contributed by atoms with van der Waals surface area (Å²) in [6.45, 7) is 4.15. The van der Waals surface area contributed by atoms with E-state index in [-0.39, 0.29) is 12.1 Å². The summed E-state index contributed by atoms with van der Waals surface area (Å²) in [5, 5.41) is 3.66. The lowest BCUT2D eigenvalue weighted by Crippen LogP contribution is -2.61. The van der Waals surface area contributed by atoms with Crippen LogP contribution in [0.1, 0.15) is 56.7 Å². The maximum absolute atomic E-state index is 13.3. The van der Waals surface area contributed by atoms with Gasteiger partial charge in [0, 0.05) is 10.8 Å². The highest BCUT2D eigenvalue weighted by Crippen LogP contribution is 2.58. The van der Waals surface area contributed by atoms with Crippen molar-refractivity contribution in [3.63, 3.8) is 0 Å². The minimum Gasteiger partial charge on any atom is -0.468 e. The van der Waals surface area contributed by atoms with Gasteiger partial charge in [0.15, 0.2) is 0 Å². The Morgan fingerprint density at radius 1 is 1.00 bits per heavy atom. The zero-order chi connectivity index (χ0) is 15.4. The highest BCUT2D eigenvalue weighted by molar-refractivity contribution is 5.93. The predicted octanol–water partition coefficient (Wildman–Crippen LogP) is 4.02. The summed E-state index contributed by atoms with van der Waals surface area (Å²) in [4.78, 5) is 13.3. The molecule has 4 nitrogen and oxygen atoms in total. The number of Topliss-reactive ketones (excluding diaryl/α,β-unsaturated/α-hetero) is 1. The first-order valence-electron chi connectivity index (χ1n) is 7.93. The van der Waals surface area contributed by atoms with E-state index in [4.69, 9.17) is 8.83 Å². The Morgan fingerprint density at radius 2 is 1.50 bits per heavy atom. The molecule has 2 bridgehead atoms. The molecule has 3 heterocycles. The lowest BCUT2D eigenvalue weighted by Gasteiger charge is -2.55. The molecule has 2 fully saturated rings. The van der Waals surface area contributed by atoms with Crippen LogP contribution in [-0.4, -0.2) is 5.78 Å². The number of piperidine rings is 1. The molecule has 1 saturated carbocycles. The third-order valence-electron chi connectivity index (χ3n) is 5.69. The molecule has 0 spiro atoms. The molecule has 1 aliphatic heterocycles. The summed E-state index contributed by atoms with van der Waals surface area (Å²) in [5.74, 6) is 1.99. The molecule has 116 valence electrons. The molecule has 1 saturated heterocycles. The molecule has 22 heavy (non-hydrogen) atoms. The lowest BCUT2D eigenvalue weighted by molar-refractivity contribution is -0.155. The Kier molecular flexibility index (Phi) is 2.89. The summed E-state index contributed by atoms with van der Waals surface area (Å²) >= 11 is 0. The van der Waals surface area contributed by atoms with E-state index >= 15 is 0 Å². The van der Waals surface area contributed by atoms with E-state index in [1.165, 1.54) is 0 Å². The minimum atomic E-state index is -0.423. The van der Waals surface area contributed by atoms with Crippen LogP contribution in [0.5, 0.6) is 0 Å². The molecule has 2 aliphatic rings. The van der Waals surface area contributed by atoms with Gasteiger partial charge in [-0.25, -0.2) is 0 Å². The molecule has 1 N–H and O–H groups in total. The Labute approximate surface area is 129 Å². The van der Waals surface area contributed by atoms with Crippen molar-refractivity contribution in [3.8, 4) is 0 Å². The van der Waals surface area contributed by atoms with Crippen LogP contribution in [0.3, 0.4) is 0 Å². The van der Waals surface area contributed by atoms with Gasteiger partial charge in [0.2, 0.25) is 0 Å². The number of rotatable bonds is 2. The van der Waals surface area contributed by atoms with Crippen LogP contribution >= 0.6 is 0 Å². The van der Waals surface area contributed by atoms with E-state index in [0.29, 0.717) is 5.78 Å². The van der Waals surface area contributed by atoms with Gasteiger partial charge < -0.3 is 8.83 Å². The van der Waals surface area contributed by atoms with E-state index in [2.05, 4.69) is 19.2 Å². The van der Waals surface area contributed by atoms with Crippen molar-refractivity contribution in [1.29, 1.82) is 0 Å². The maximum Gasteiger partial charge on any atom is 0.148 e. The topological polar surface area (TPSA) is 55.4 Å². The van der Waals surface area contributed by atoms with Crippen molar-refractivity contribution < 1.29 is 13.6 Å². The van der Waals surface area contributed by atoms with Crippen molar-refractivity contribution in [1.82, 2.24) is 5.32 Å². The van der Waals surface area contributed by atoms with Crippen LogP contribution in [0.4, 0.5) is 0 Å². The van der Waals surface area contributed by atoms with Gasteiger partial charge in [-0.1, -0.05) is 20.3 Å². The Morgan fingerprint density at radius 3 is 1.91 bits per heavy atom. The molecular formula is C18H21NO3. The third-order valence-corrected chi connectivity index (χ3v) is 5.69. The van der Waals surface area contributed by atoms with Crippen molar-refractivity contribution >= 4 is 5.78 Å². The molecule has 1 aliphatic carbocycles. The van der Waals surface area contributed by atoms with E-state index in [1.807, 2.05) is 24.3 Å². The number of nitrogens with one attached hydrogen (secondary N) is 1. The summed E-state index contributed by atoms with van der Waals surface area (Å²) < 4.78 is 11.3. The molecule has 0 unspecified atom stereocenters. The molecule has 4 heteroatoms. The minimum absolute atomic E-state index is 0.113. The van der Waals surface area contributed by atoms with Crippen LogP contribution in [0, 0.1) is 10.8 Å². The van der Waals surface area contributed by atoms with Crippen LogP contribution < -0.4 is 5.32 Å². The number of ketones is 1. The maximum atomic E-state index is 13.3. The standard InChI is InChI=1S/C18H21NO3/c1-17-8-5-9-18(2,16(17)20)15(13-7-4-11-22-13)19-14(17)12-6-3-10-21-12/h3-4,6-7,10-11,14-15,19H,5,8-9H2,1-2H3/t14-,15+,17+,18-. The summed E-state index contributed by atoms with van der Waals surface area (Å²) in [6, 6.07) is 7.43. The zero-order valence-corrected chi connectivity index (χ0v) is 13.0. The third kappa shape index (κ3) is 1.70. The fourth-order valence-electron chi connectivity index (χ4n) is 4.49. The quantitative estimate of drug-likeness (QED) is 0.910. The van der Waals surface area contributed by atoms with E-state index < -0.39 is 10.8 Å². The van der Waals surface area contributed by atoms with Crippen molar-refractivity contribution in [2.75, 3.05) is 0 Å². The Balaban J connectivity index is 1.84. The number of carbonyl (C=O) groups is 1. The van der Waals surface area contributed by atoms with Gasteiger partial charge in [0.25, 0.3) is 0 Å². The van der Waals surface area contributed by atoms with Crippen molar-refractivity contribution in [2.45, 2.75) is 45.2 Å². The molecule has 2 aromatic heterocycles. The largest absolute Gasteiger partial charge is 0.468 e. The van der Waals surface area contributed by atoms with E-state index in [9.17, 15) is 4.79 Å². The average molecular weight is 299 g/mol. The molecule has 0 amide bonds. The number of furan rings is 2. The highest BCUT2D eigenvalue weighted by Gasteiger charge is 2.61. The molecule has 4 rings (SSSR count). The molecular weight excluding hydrogens is 278 g/mol. The summed E-state index contributed by atoms with van der Waals surface area (Å²) in [6.07, 6.45) is 6.18. The number of hydrogen-bond acceptors (Lipinski definition) is 4. The Hall–Kier alpha value is -1.81. The van der Waals surface area contributed by atoms with Crippen molar-refractivity contribution in [3.05, 3.63) is 48.3 Å². The monoisotopic (exact) mass is 299 g/mol. The SMILES string of the molecule is C[C@]12CCC[C@](C)(C1=O)[C@@H](c1ccco1)N[C@H]2c1ccco1. The van der Waals surface area contributed by atoms with Crippen LogP contribution in [0.15, 0.2) is 45.6 Å². The van der Waals surface area contributed by atoms with Gasteiger partial charge in [-0.15, -0.1) is 0 Å². The van der Waals surface area contributed by atoms with Gasteiger partial charge in [0.05, 0.1) is 24.6 Å². The normalized spacial score (nSPS) is 38.2. The number of carbonyl (C=O) groups excluding carboxylic acids is 1. The Bertz CT molecular complexity index is 619. The summed E-state index contributed by atoms with van der Waals surface area (Å²) in [5.41, 5.74) is -0.845. The second-order valence-electron chi connectivity index (χ2n) is 7.08. The van der Waals surface area contributed by atoms with E-state index in [0.717, 1.165) is 30.8 Å². The number of hydrogen-bond donors (Lipinski definition) is 1. The second kappa shape index (κ2) is 4.59. The second-order valence-corrected chi connectivity index (χ2v) is 7.08. The van der Waals surface area contributed by atoms with E-state index in [1.54, 1.807) is 12.5 Å². The summed E-state index contributed by atoms with van der Waals surface area (Å²) in [7, 11) is 0. The fourth-order valence-corrected chi connectivity index (χ4v) is 4.49. The number of fused-ring (bicyclic) bond motifs is 2. The average Bonchev–Trinajstić information content (AvgIpc) is 3.16. The first kappa shape index (κ1) is 13.8. The van der Waals surface area contributed by atoms with Gasteiger partial charge in [-0.05, 0) is 37.1 Å². The van der Waals surface area contributed by atoms with Crippen LogP contribution in [0.2, 0.25) is 0 Å². The molecule has 0 radical (unpaired) electrons. The molecule has 2 aromatic rings. The fraction of sp³-hybridized carbons (Fsp3) is 0.500. The van der Waals surface area contributed by atoms with Crippen LogP contribution in [-0.2, 0) is 4.79 Å². The zero-order valence-electron chi connectivity index (χ0n) is 13.0. The van der Waals surface area contributed by atoms with Crippen LogP contribution in [0.25, 0.3) is 0 Å².